The quantitative estimate of drug-likeness (QED) is 0.0501. The highest BCUT2D eigenvalue weighted by atomic mass is 15.1. The summed E-state index contributed by atoms with van der Waals surface area (Å²) in [5.74, 6) is 1.62. The van der Waals surface area contributed by atoms with E-state index in [4.69, 9.17) is 0 Å². The van der Waals surface area contributed by atoms with Crippen molar-refractivity contribution in [2.45, 2.75) is 265 Å². The first kappa shape index (κ1) is 43.2. The first-order valence-electron chi connectivity index (χ1n) is 21.9. The Balaban J connectivity index is 2.22. The molecule has 2 nitrogen and oxygen atoms in total. The molecular formula is C44H87N2+. The summed E-state index contributed by atoms with van der Waals surface area (Å²) in [5.41, 5.74) is 0. The minimum absolute atomic E-state index is 1.23. The molecule has 0 bridgehead atoms. The van der Waals surface area contributed by atoms with Crippen LogP contribution in [0.1, 0.15) is 251 Å². The topological polar surface area (TPSA) is 8.81 Å². The Morgan fingerprint density at radius 3 is 1.04 bits per heavy atom. The third-order valence-electron chi connectivity index (χ3n) is 10.6. The molecule has 1 heterocycles. The van der Waals surface area contributed by atoms with Gasteiger partial charge in [0.2, 0.25) is 0 Å². The molecule has 46 heavy (non-hydrogen) atoms. The lowest BCUT2D eigenvalue weighted by Crippen LogP contribution is -2.37. The van der Waals surface area contributed by atoms with Crippen LogP contribution in [0.25, 0.3) is 0 Å². The molecule has 272 valence electrons. The van der Waals surface area contributed by atoms with E-state index in [1.165, 1.54) is 244 Å². The summed E-state index contributed by atoms with van der Waals surface area (Å²) in [6, 6.07) is 0. The van der Waals surface area contributed by atoms with Gasteiger partial charge in [0, 0.05) is 6.42 Å². The monoisotopic (exact) mass is 644 g/mol. The standard InChI is InChI=1S/C44H87N2/c1-4-7-10-13-16-18-20-22-23-25-27-29-32-35-38-41-46-43-42-45(44(46)39-36-33-30-15-12-9-6-3)40-37-34-31-28-26-24-21-19-17-14-11-8-5-2/h42-43H,4-41H2,1-3H3/q+1. The maximum absolute atomic E-state index is 2.64. The van der Waals surface area contributed by atoms with Crippen molar-refractivity contribution in [3.63, 3.8) is 0 Å². The van der Waals surface area contributed by atoms with E-state index >= 15 is 0 Å². The zero-order valence-electron chi connectivity index (χ0n) is 32.4. The molecule has 1 aromatic heterocycles. The third kappa shape index (κ3) is 27.2. The van der Waals surface area contributed by atoms with Crippen LogP contribution in [0.4, 0.5) is 0 Å². The largest absolute Gasteiger partial charge is 0.256 e. The molecule has 0 aromatic carbocycles. The minimum Gasteiger partial charge on any atom is -0.234 e. The van der Waals surface area contributed by atoms with Gasteiger partial charge in [0.25, 0.3) is 5.82 Å². The number of imidazole rings is 1. The Bertz CT molecular complexity index is 707. The zero-order chi connectivity index (χ0) is 33.0. The molecular weight excluding hydrogens is 556 g/mol. The number of hydrogen-bond acceptors (Lipinski definition) is 0. The third-order valence-corrected chi connectivity index (χ3v) is 10.6. The van der Waals surface area contributed by atoms with Gasteiger partial charge in [0.1, 0.15) is 12.4 Å². The minimum atomic E-state index is 1.23. The van der Waals surface area contributed by atoms with Crippen LogP contribution in [0.3, 0.4) is 0 Å². The van der Waals surface area contributed by atoms with Crippen molar-refractivity contribution in [3.05, 3.63) is 18.2 Å². The van der Waals surface area contributed by atoms with Crippen LogP contribution in [0.2, 0.25) is 0 Å². The van der Waals surface area contributed by atoms with Crippen molar-refractivity contribution >= 4 is 0 Å². The van der Waals surface area contributed by atoms with Gasteiger partial charge >= 0.3 is 0 Å². The van der Waals surface area contributed by atoms with Crippen LogP contribution in [-0.2, 0) is 19.5 Å². The fourth-order valence-corrected chi connectivity index (χ4v) is 7.39. The molecule has 1 aromatic rings. The van der Waals surface area contributed by atoms with E-state index in [0.29, 0.717) is 0 Å². The van der Waals surface area contributed by atoms with E-state index in [1.54, 1.807) is 5.82 Å². The Hall–Kier alpha value is -0.790. The van der Waals surface area contributed by atoms with Crippen molar-refractivity contribution in [1.29, 1.82) is 0 Å². The Labute approximate surface area is 291 Å². The fraction of sp³-hybridized carbons (Fsp3) is 0.932. The molecule has 0 aliphatic heterocycles. The van der Waals surface area contributed by atoms with Gasteiger partial charge in [-0.1, -0.05) is 213 Å². The summed E-state index contributed by atoms with van der Waals surface area (Å²) in [7, 11) is 0. The molecule has 0 aliphatic carbocycles. The molecule has 0 atom stereocenters. The number of hydrogen-bond donors (Lipinski definition) is 0. The van der Waals surface area contributed by atoms with Crippen molar-refractivity contribution in [2.24, 2.45) is 0 Å². The first-order chi connectivity index (χ1) is 22.8. The molecule has 0 fully saturated rings. The molecule has 2 heteroatoms. The second-order valence-corrected chi connectivity index (χ2v) is 15.2. The highest BCUT2D eigenvalue weighted by Crippen LogP contribution is 2.16. The van der Waals surface area contributed by atoms with Crippen LogP contribution in [0.15, 0.2) is 12.4 Å². The highest BCUT2D eigenvalue weighted by Gasteiger charge is 2.16. The first-order valence-corrected chi connectivity index (χ1v) is 21.9. The summed E-state index contributed by atoms with van der Waals surface area (Å²) in [6.07, 6.45) is 56.4. The zero-order valence-corrected chi connectivity index (χ0v) is 32.4. The Kier molecular flexibility index (Phi) is 33.4. The maximum Gasteiger partial charge on any atom is 0.256 e. The lowest BCUT2D eigenvalue weighted by molar-refractivity contribution is -0.704. The van der Waals surface area contributed by atoms with E-state index in [2.05, 4.69) is 42.3 Å². The van der Waals surface area contributed by atoms with Crippen LogP contribution >= 0.6 is 0 Å². The number of rotatable bonds is 38. The molecule has 0 amide bonds. The van der Waals surface area contributed by atoms with Gasteiger partial charge in [0.05, 0.1) is 13.1 Å². The SMILES string of the molecule is CCCCCCCCCCCCCCCCCn1cc[n+](CCCCCCCCCCCCCCC)c1CCCCCCCCC. The van der Waals surface area contributed by atoms with Gasteiger partial charge in [-0.15, -0.1) is 0 Å². The van der Waals surface area contributed by atoms with Crippen LogP contribution in [0.5, 0.6) is 0 Å². The van der Waals surface area contributed by atoms with E-state index in [-0.39, 0.29) is 0 Å². The van der Waals surface area contributed by atoms with E-state index in [0.717, 1.165) is 0 Å². The van der Waals surface area contributed by atoms with Gasteiger partial charge < -0.3 is 0 Å². The van der Waals surface area contributed by atoms with E-state index in [9.17, 15) is 0 Å². The van der Waals surface area contributed by atoms with Crippen molar-refractivity contribution in [2.75, 3.05) is 0 Å². The van der Waals surface area contributed by atoms with Crippen LogP contribution < -0.4 is 4.57 Å². The number of unbranched alkanes of at least 4 members (excludes halogenated alkanes) is 32. The fourth-order valence-electron chi connectivity index (χ4n) is 7.39. The molecule has 0 saturated carbocycles. The lowest BCUT2D eigenvalue weighted by Gasteiger charge is -2.07. The molecule has 0 unspecified atom stereocenters. The van der Waals surface area contributed by atoms with E-state index < -0.39 is 0 Å². The van der Waals surface area contributed by atoms with Crippen molar-refractivity contribution < 1.29 is 4.57 Å². The molecule has 0 saturated heterocycles. The van der Waals surface area contributed by atoms with Gasteiger partial charge in [-0.05, 0) is 32.1 Å². The predicted octanol–water partition coefficient (Wildman–Crippen LogP) is 15.0. The predicted molar refractivity (Wildman–Crippen MR) is 207 cm³/mol. The summed E-state index contributed by atoms with van der Waals surface area (Å²) < 4.78 is 5.28. The van der Waals surface area contributed by atoms with Crippen molar-refractivity contribution in [1.82, 2.24) is 4.57 Å². The van der Waals surface area contributed by atoms with Crippen LogP contribution in [-0.4, -0.2) is 4.57 Å². The molecule has 0 aliphatic rings. The number of aryl methyl sites for hydroxylation is 2. The summed E-state index contributed by atoms with van der Waals surface area (Å²) in [5, 5.41) is 0. The average molecular weight is 644 g/mol. The smallest absolute Gasteiger partial charge is 0.234 e. The Morgan fingerprint density at radius 1 is 0.370 bits per heavy atom. The van der Waals surface area contributed by atoms with Gasteiger partial charge in [-0.2, -0.15) is 0 Å². The highest BCUT2D eigenvalue weighted by molar-refractivity contribution is 4.84. The van der Waals surface area contributed by atoms with Gasteiger partial charge in [-0.3, -0.25) is 0 Å². The summed E-state index contributed by atoms with van der Waals surface area (Å²) >= 11 is 0. The second kappa shape index (κ2) is 35.5. The van der Waals surface area contributed by atoms with Crippen molar-refractivity contribution in [3.8, 4) is 0 Å². The molecule has 0 radical (unpaired) electrons. The van der Waals surface area contributed by atoms with Gasteiger partial charge in [0.15, 0.2) is 0 Å². The molecule has 0 spiro atoms. The summed E-state index contributed by atoms with van der Waals surface area (Å²) in [4.78, 5) is 0. The average Bonchev–Trinajstić information content (AvgIpc) is 3.45. The number of nitrogens with zero attached hydrogens (tertiary/aromatic N) is 2. The molecule has 0 N–H and O–H groups in total. The van der Waals surface area contributed by atoms with Crippen LogP contribution in [0, 0.1) is 0 Å². The number of aromatic nitrogens is 2. The Morgan fingerprint density at radius 2 is 0.674 bits per heavy atom. The summed E-state index contributed by atoms with van der Waals surface area (Å²) in [6.45, 7) is 9.41. The van der Waals surface area contributed by atoms with E-state index in [1.807, 2.05) is 0 Å². The maximum atomic E-state index is 2.64. The second-order valence-electron chi connectivity index (χ2n) is 15.2. The molecule has 1 rings (SSSR count). The van der Waals surface area contributed by atoms with Gasteiger partial charge in [-0.25, -0.2) is 9.13 Å². The normalized spacial score (nSPS) is 11.6. The lowest BCUT2D eigenvalue weighted by atomic mass is 10.0.